The zero-order valence-corrected chi connectivity index (χ0v) is 12.2. The Hall–Kier alpha value is -0.900. The molecular formula is C13H22N2OS. The van der Waals surface area contributed by atoms with Crippen molar-refractivity contribution >= 4 is 22.8 Å². The van der Waals surface area contributed by atoms with Gasteiger partial charge in [-0.15, -0.1) is 0 Å². The molecule has 4 heteroatoms. The van der Waals surface area contributed by atoms with Crippen molar-refractivity contribution in [1.82, 2.24) is 4.98 Å². The first-order chi connectivity index (χ1) is 7.96. The van der Waals surface area contributed by atoms with Gasteiger partial charge in [0.2, 0.25) is 0 Å². The zero-order chi connectivity index (χ0) is 13.1. The molecule has 0 saturated heterocycles. The van der Waals surface area contributed by atoms with Gasteiger partial charge in [0.1, 0.15) is 0 Å². The van der Waals surface area contributed by atoms with Gasteiger partial charge in [0.15, 0.2) is 11.4 Å². The largest absolute Gasteiger partial charge is 0.346 e. The summed E-state index contributed by atoms with van der Waals surface area (Å²) < 4.78 is 0. The molecule has 1 heterocycles. The van der Waals surface area contributed by atoms with Crippen LogP contribution in [0.2, 0.25) is 0 Å². The fourth-order valence-corrected chi connectivity index (χ4v) is 2.55. The number of anilines is 1. The van der Waals surface area contributed by atoms with Crippen LogP contribution in [0.5, 0.6) is 0 Å². The molecule has 0 atom stereocenters. The second kappa shape index (κ2) is 5.63. The summed E-state index contributed by atoms with van der Waals surface area (Å²) in [5.74, 6) is 0. The number of hydrogen-bond donors (Lipinski definition) is 0. The Bertz CT molecular complexity index is 385. The van der Waals surface area contributed by atoms with Crippen molar-refractivity contribution < 1.29 is 4.79 Å². The molecule has 0 saturated carbocycles. The van der Waals surface area contributed by atoms with Gasteiger partial charge in [-0.05, 0) is 26.7 Å². The molecule has 1 aromatic heterocycles. The predicted octanol–water partition coefficient (Wildman–Crippen LogP) is 3.53. The number of carbonyl (C=O) groups is 1. The third-order valence-electron chi connectivity index (χ3n) is 3.37. The molecule has 1 aromatic rings. The van der Waals surface area contributed by atoms with E-state index in [0.29, 0.717) is 0 Å². The lowest BCUT2D eigenvalue weighted by atomic mass is 10.0. The topological polar surface area (TPSA) is 33.2 Å². The predicted molar refractivity (Wildman–Crippen MR) is 74.3 cm³/mol. The summed E-state index contributed by atoms with van der Waals surface area (Å²) >= 11 is 1.50. The molecule has 3 nitrogen and oxygen atoms in total. The fraction of sp³-hybridized carbons (Fsp3) is 0.692. The molecule has 0 N–H and O–H groups in total. The molecule has 0 unspecified atom stereocenters. The van der Waals surface area contributed by atoms with Crippen molar-refractivity contribution in [2.24, 2.45) is 0 Å². The van der Waals surface area contributed by atoms with E-state index in [4.69, 9.17) is 0 Å². The van der Waals surface area contributed by atoms with E-state index in [1.807, 2.05) is 7.05 Å². The summed E-state index contributed by atoms with van der Waals surface area (Å²) in [6.07, 6.45) is 3.87. The molecule has 0 spiro atoms. The Morgan fingerprint density at radius 2 is 2.06 bits per heavy atom. The maximum absolute atomic E-state index is 11.0. The van der Waals surface area contributed by atoms with Crippen LogP contribution in [-0.2, 0) is 6.42 Å². The Labute approximate surface area is 108 Å². The van der Waals surface area contributed by atoms with Crippen molar-refractivity contribution in [3.05, 3.63) is 10.6 Å². The minimum Gasteiger partial charge on any atom is -0.346 e. The average molecular weight is 254 g/mol. The highest BCUT2D eigenvalue weighted by Gasteiger charge is 2.24. The number of rotatable bonds is 6. The summed E-state index contributed by atoms with van der Waals surface area (Å²) in [5.41, 5.74) is 1.02. The van der Waals surface area contributed by atoms with Gasteiger partial charge in [-0.25, -0.2) is 4.98 Å². The van der Waals surface area contributed by atoms with Gasteiger partial charge in [0, 0.05) is 12.6 Å². The Morgan fingerprint density at radius 1 is 1.41 bits per heavy atom. The summed E-state index contributed by atoms with van der Waals surface area (Å²) in [6.45, 7) is 8.65. The van der Waals surface area contributed by atoms with Crippen LogP contribution in [0.4, 0.5) is 5.13 Å². The molecule has 0 amide bonds. The van der Waals surface area contributed by atoms with E-state index in [0.717, 1.165) is 41.3 Å². The Balaban J connectivity index is 3.03. The molecule has 0 aromatic carbocycles. The number of nitrogens with zero attached hydrogens (tertiary/aromatic N) is 2. The number of thiazole rings is 1. The Morgan fingerprint density at radius 3 is 2.53 bits per heavy atom. The molecule has 0 aliphatic rings. The van der Waals surface area contributed by atoms with Crippen molar-refractivity contribution in [2.45, 2.75) is 52.5 Å². The van der Waals surface area contributed by atoms with Crippen LogP contribution >= 0.6 is 11.3 Å². The van der Waals surface area contributed by atoms with E-state index < -0.39 is 0 Å². The van der Waals surface area contributed by atoms with E-state index in [9.17, 15) is 4.79 Å². The molecule has 1 rings (SSSR count). The summed E-state index contributed by atoms with van der Waals surface area (Å²) in [4.78, 5) is 18.6. The molecule has 96 valence electrons. The molecule has 0 aliphatic carbocycles. The van der Waals surface area contributed by atoms with Gasteiger partial charge < -0.3 is 4.90 Å². The third kappa shape index (κ3) is 3.06. The van der Waals surface area contributed by atoms with Gasteiger partial charge in [-0.1, -0.05) is 31.6 Å². The second-order valence-electron chi connectivity index (χ2n) is 4.90. The minimum absolute atomic E-state index is 0.0709. The van der Waals surface area contributed by atoms with Gasteiger partial charge >= 0.3 is 0 Å². The highest BCUT2D eigenvalue weighted by molar-refractivity contribution is 7.17. The molecule has 0 radical (unpaired) electrons. The highest BCUT2D eigenvalue weighted by Crippen LogP contribution is 2.30. The van der Waals surface area contributed by atoms with E-state index in [-0.39, 0.29) is 5.54 Å². The fourth-order valence-electron chi connectivity index (χ4n) is 1.50. The van der Waals surface area contributed by atoms with E-state index >= 15 is 0 Å². The molecule has 0 aliphatic heterocycles. The van der Waals surface area contributed by atoms with Crippen molar-refractivity contribution in [2.75, 3.05) is 11.9 Å². The normalized spacial score (nSPS) is 11.6. The SMILES string of the molecule is CCCc1nc(N(C)C(C)(C)CC)sc1C=O. The first-order valence-electron chi connectivity index (χ1n) is 6.15. The van der Waals surface area contributed by atoms with Gasteiger partial charge in [-0.3, -0.25) is 4.79 Å². The van der Waals surface area contributed by atoms with E-state index in [1.54, 1.807) is 0 Å². The smallest absolute Gasteiger partial charge is 0.186 e. The van der Waals surface area contributed by atoms with Crippen molar-refractivity contribution in [1.29, 1.82) is 0 Å². The maximum Gasteiger partial charge on any atom is 0.186 e. The lowest BCUT2D eigenvalue weighted by Crippen LogP contribution is -2.40. The lowest BCUT2D eigenvalue weighted by molar-refractivity contribution is 0.112. The highest BCUT2D eigenvalue weighted by atomic mass is 32.1. The monoisotopic (exact) mass is 254 g/mol. The summed E-state index contributed by atoms with van der Waals surface area (Å²) in [6, 6.07) is 0. The molecular weight excluding hydrogens is 232 g/mol. The molecule has 0 fully saturated rings. The van der Waals surface area contributed by atoms with Gasteiger partial charge in [0.25, 0.3) is 0 Å². The maximum atomic E-state index is 11.0. The molecule has 17 heavy (non-hydrogen) atoms. The van der Waals surface area contributed by atoms with Crippen LogP contribution in [0.25, 0.3) is 0 Å². The van der Waals surface area contributed by atoms with Crippen LogP contribution in [0.1, 0.15) is 55.9 Å². The summed E-state index contributed by atoms with van der Waals surface area (Å²) in [5, 5.41) is 0.947. The van der Waals surface area contributed by atoms with Gasteiger partial charge in [-0.2, -0.15) is 0 Å². The summed E-state index contributed by atoms with van der Waals surface area (Å²) in [7, 11) is 2.05. The number of hydrogen-bond acceptors (Lipinski definition) is 4. The van der Waals surface area contributed by atoms with Gasteiger partial charge in [0.05, 0.1) is 10.6 Å². The van der Waals surface area contributed by atoms with Crippen LogP contribution in [-0.4, -0.2) is 23.9 Å². The molecule has 0 bridgehead atoms. The van der Waals surface area contributed by atoms with Crippen LogP contribution in [0.3, 0.4) is 0 Å². The third-order valence-corrected chi connectivity index (χ3v) is 4.47. The van der Waals surface area contributed by atoms with Crippen molar-refractivity contribution in [3.8, 4) is 0 Å². The second-order valence-corrected chi connectivity index (χ2v) is 5.91. The standard InChI is InChI=1S/C13H22N2OS/c1-6-8-10-11(9-16)17-12(14-10)15(5)13(3,4)7-2/h9H,6-8H2,1-5H3. The van der Waals surface area contributed by atoms with Crippen LogP contribution in [0, 0.1) is 0 Å². The number of aldehydes is 1. The van der Waals surface area contributed by atoms with Crippen LogP contribution < -0.4 is 4.90 Å². The van der Waals surface area contributed by atoms with Crippen molar-refractivity contribution in [3.63, 3.8) is 0 Å². The number of carbonyl (C=O) groups excluding carboxylic acids is 1. The zero-order valence-electron chi connectivity index (χ0n) is 11.4. The quantitative estimate of drug-likeness (QED) is 0.728. The van der Waals surface area contributed by atoms with Crippen LogP contribution in [0.15, 0.2) is 0 Å². The number of aromatic nitrogens is 1. The first kappa shape index (κ1) is 14.2. The van der Waals surface area contributed by atoms with E-state index in [1.165, 1.54) is 11.3 Å². The lowest BCUT2D eigenvalue weighted by Gasteiger charge is -2.34. The first-order valence-corrected chi connectivity index (χ1v) is 6.96. The Kier molecular flexibility index (Phi) is 4.69. The van der Waals surface area contributed by atoms with E-state index in [2.05, 4.69) is 37.6 Å². The minimum atomic E-state index is 0.0709. The number of aryl methyl sites for hydroxylation is 1. The average Bonchev–Trinajstić information content (AvgIpc) is 2.71.